The number of aliphatic hydroxyl groups is 1. The largest absolute Gasteiger partial charge is 0.384 e. The van der Waals surface area contributed by atoms with Crippen molar-refractivity contribution in [2.45, 2.75) is 13.0 Å². The smallest absolute Gasteiger partial charge is 0.123 e. The van der Waals surface area contributed by atoms with Crippen LogP contribution in [-0.2, 0) is 0 Å². The van der Waals surface area contributed by atoms with E-state index in [4.69, 9.17) is 0 Å². The van der Waals surface area contributed by atoms with Gasteiger partial charge in [-0.15, -0.1) is 0 Å². The van der Waals surface area contributed by atoms with Crippen molar-refractivity contribution in [2.24, 2.45) is 0 Å². The lowest BCUT2D eigenvalue weighted by Gasteiger charge is -2.17. The van der Waals surface area contributed by atoms with Crippen LogP contribution in [0.25, 0.3) is 10.8 Å². The molecule has 0 heterocycles. The summed E-state index contributed by atoms with van der Waals surface area (Å²) >= 11 is 0. The van der Waals surface area contributed by atoms with Crippen LogP contribution in [0.4, 0.5) is 4.39 Å². The van der Waals surface area contributed by atoms with Gasteiger partial charge in [-0.25, -0.2) is 4.39 Å². The summed E-state index contributed by atoms with van der Waals surface area (Å²) in [6.45, 7) is 1.98. The standard InChI is InChI=1S/C18H15FO/c1-12-6-7-13-4-2-3-5-16(13)17(12)18(20)14-8-10-15(19)11-9-14/h2-11,18,20H,1H3/t18-/m1/s1. The molecule has 100 valence electrons. The van der Waals surface area contributed by atoms with Crippen LogP contribution in [0.2, 0.25) is 0 Å². The second-order valence-electron chi connectivity index (χ2n) is 4.97. The van der Waals surface area contributed by atoms with Crippen LogP contribution in [0.1, 0.15) is 22.8 Å². The molecule has 2 heteroatoms. The molecule has 0 spiro atoms. The number of benzene rings is 3. The fourth-order valence-electron chi connectivity index (χ4n) is 2.58. The van der Waals surface area contributed by atoms with Gasteiger partial charge in [0.05, 0.1) is 0 Å². The van der Waals surface area contributed by atoms with Gasteiger partial charge in [0.25, 0.3) is 0 Å². The number of hydrogen-bond acceptors (Lipinski definition) is 1. The van der Waals surface area contributed by atoms with Crippen LogP contribution >= 0.6 is 0 Å². The van der Waals surface area contributed by atoms with E-state index in [1.54, 1.807) is 12.1 Å². The maximum absolute atomic E-state index is 13.0. The van der Waals surface area contributed by atoms with E-state index >= 15 is 0 Å². The molecule has 0 radical (unpaired) electrons. The summed E-state index contributed by atoms with van der Waals surface area (Å²) < 4.78 is 13.0. The third-order valence-corrected chi connectivity index (χ3v) is 3.65. The maximum Gasteiger partial charge on any atom is 0.123 e. The van der Waals surface area contributed by atoms with Gasteiger partial charge in [-0.3, -0.25) is 0 Å². The fraction of sp³-hybridized carbons (Fsp3) is 0.111. The van der Waals surface area contributed by atoms with Crippen molar-refractivity contribution >= 4 is 10.8 Å². The highest BCUT2D eigenvalue weighted by Gasteiger charge is 2.16. The average molecular weight is 266 g/mol. The molecule has 3 aromatic carbocycles. The molecule has 0 aromatic heterocycles. The summed E-state index contributed by atoms with van der Waals surface area (Å²) in [4.78, 5) is 0. The fourth-order valence-corrected chi connectivity index (χ4v) is 2.58. The molecule has 1 nitrogen and oxygen atoms in total. The number of halogens is 1. The Balaban J connectivity index is 2.18. The van der Waals surface area contributed by atoms with Crippen molar-refractivity contribution in [2.75, 3.05) is 0 Å². The zero-order valence-corrected chi connectivity index (χ0v) is 11.2. The van der Waals surface area contributed by atoms with Gasteiger partial charge in [0.1, 0.15) is 11.9 Å². The van der Waals surface area contributed by atoms with Crippen LogP contribution in [-0.4, -0.2) is 5.11 Å². The maximum atomic E-state index is 13.0. The molecule has 0 amide bonds. The second kappa shape index (κ2) is 5.06. The number of hydrogen-bond donors (Lipinski definition) is 1. The minimum absolute atomic E-state index is 0.296. The number of aliphatic hydroxyl groups excluding tert-OH is 1. The molecular weight excluding hydrogens is 251 g/mol. The zero-order chi connectivity index (χ0) is 14.1. The first kappa shape index (κ1) is 12.8. The molecule has 0 aliphatic heterocycles. The monoisotopic (exact) mass is 266 g/mol. The van der Waals surface area contributed by atoms with Gasteiger partial charge in [0, 0.05) is 0 Å². The van der Waals surface area contributed by atoms with Gasteiger partial charge in [-0.05, 0) is 46.5 Å². The van der Waals surface area contributed by atoms with Crippen LogP contribution in [0.15, 0.2) is 60.7 Å². The molecule has 0 unspecified atom stereocenters. The number of fused-ring (bicyclic) bond motifs is 1. The summed E-state index contributed by atoms with van der Waals surface area (Å²) in [6, 6.07) is 18.0. The molecule has 0 aliphatic carbocycles. The lowest BCUT2D eigenvalue weighted by atomic mass is 9.92. The molecular formula is C18H15FO. The molecule has 1 N–H and O–H groups in total. The van der Waals surface area contributed by atoms with Gasteiger partial charge in [0.15, 0.2) is 0 Å². The molecule has 0 fully saturated rings. The molecule has 0 bridgehead atoms. The molecule has 0 saturated carbocycles. The van der Waals surface area contributed by atoms with Crippen molar-refractivity contribution in [3.8, 4) is 0 Å². The Kier molecular flexibility index (Phi) is 3.25. The number of rotatable bonds is 2. The lowest BCUT2D eigenvalue weighted by Crippen LogP contribution is -2.03. The van der Waals surface area contributed by atoms with E-state index in [2.05, 4.69) is 0 Å². The van der Waals surface area contributed by atoms with E-state index in [9.17, 15) is 9.50 Å². The first-order valence-corrected chi connectivity index (χ1v) is 6.58. The molecule has 0 aliphatic rings. The van der Waals surface area contributed by atoms with Gasteiger partial charge >= 0.3 is 0 Å². The SMILES string of the molecule is Cc1ccc2ccccc2c1[C@H](O)c1ccc(F)cc1. The predicted octanol–water partition coefficient (Wildman–Crippen LogP) is 4.37. The Labute approximate surface area is 117 Å². The summed E-state index contributed by atoms with van der Waals surface area (Å²) in [5.74, 6) is -0.296. The second-order valence-corrected chi connectivity index (χ2v) is 4.97. The summed E-state index contributed by atoms with van der Waals surface area (Å²) in [5.41, 5.74) is 2.61. The van der Waals surface area contributed by atoms with Crippen LogP contribution in [0, 0.1) is 12.7 Å². The highest BCUT2D eigenvalue weighted by molar-refractivity contribution is 5.87. The Morgan fingerprint density at radius 3 is 2.35 bits per heavy atom. The number of aryl methyl sites for hydroxylation is 1. The first-order chi connectivity index (χ1) is 9.66. The van der Waals surface area contributed by atoms with E-state index in [1.807, 2.05) is 43.3 Å². The Bertz CT molecular complexity index is 747. The topological polar surface area (TPSA) is 20.2 Å². The van der Waals surface area contributed by atoms with Crippen molar-refractivity contribution in [3.05, 3.63) is 83.2 Å². The minimum Gasteiger partial charge on any atom is -0.384 e. The third kappa shape index (κ3) is 2.19. The van der Waals surface area contributed by atoms with Gasteiger partial charge in [-0.1, -0.05) is 48.5 Å². The van der Waals surface area contributed by atoms with E-state index in [-0.39, 0.29) is 5.82 Å². The Morgan fingerprint density at radius 2 is 1.60 bits per heavy atom. The third-order valence-electron chi connectivity index (χ3n) is 3.65. The molecule has 20 heavy (non-hydrogen) atoms. The van der Waals surface area contributed by atoms with E-state index < -0.39 is 6.10 Å². The summed E-state index contributed by atoms with van der Waals surface area (Å²) in [6.07, 6.45) is -0.748. The molecule has 3 aromatic rings. The average Bonchev–Trinajstić information content (AvgIpc) is 2.47. The first-order valence-electron chi connectivity index (χ1n) is 6.58. The van der Waals surface area contributed by atoms with E-state index in [0.717, 1.165) is 21.9 Å². The quantitative estimate of drug-likeness (QED) is 0.730. The Morgan fingerprint density at radius 1 is 0.900 bits per heavy atom. The van der Waals surface area contributed by atoms with Crippen molar-refractivity contribution in [1.29, 1.82) is 0 Å². The van der Waals surface area contributed by atoms with Gasteiger partial charge in [0.2, 0.25) is 0 Å². The molecule has 1 atom stereocenters. The molecule has 3 rings (SSSR count). The van der Waals surface area contributed by atoms with Crippen LogP contribution in [0.3, 0.4) is 0 Å². The normalized spacial score (nSPS) is 12.6. The predicted molar refractivity (Wildman–Crippen MR) is 79.1 cm³/mol. The minimum atomic E-state index is -0.748. The van der Waals surface area contributed by atoms with Crippen molar-refractivity contribution in [3.63, 3.8) is 0 Å². The van der Waals surface area contributed by atoms with Crippen LogP contribution in [0.5, 0.6) is 0 Å². The highest BCUT2D eigenvalue weighted by Crippen LogP contribution is 2.31. The van der Waals surface area contributed by atoms with E-state index in [0.29, 0.717) is 5.56 Å². The van der Waals surface area contributed by atoms with Crippen molar-refractivity contribution in [1.82, 2.24) is 0 Å². The molecule has 0 saturated heterocycles. The van der Waals surface area contributed by atoms with E-state index in [1.165, 1.54) is 12.1 Å². The summed E-state index contributed by atoms with van der Waals surface area (Å²) in [7, 11) is 0. The van der Waals surface area contributed by atoms with Gasteiger partial charge < -0.3 is 5.11 Å². The zero-order valence-electron chi connectivity index (χ0n) is 11.2. The van der Waals surface area contributed by atoms with Crippen molar-refractivity contribution < 1.29 is 9.50 Å². The van der Waals surface area contributed by atoms with Crippen LogP contribution < -0.4 is 0 Å². The Hall–Kier alpha value is -2.19. The van der Waals surface area contributed by atoms with Gasteiger partial charge in [-0.2, -0.15) is 0 Å². The highest BCUT2D eigenvalue weighted by atomic mass is 19.1. The summed E-state index contributed by atoms with van der Waals surface area (Å²) in [5, 5.41) is 12.8. The lowest BCUT2D eigenvalue weighted by molar-refractivity contribution is 0.221.